The molecule has 2 aromatic rings. The quantitative estimate of drug-likeness (QED) is 0.598. The Balaban J connectivity index is 1.63. The topological polar surface area (TPSA) is 95.8 Å². The SMILES string of the molecule is CC(=O)NC(CC(=O)N1CCN(c2ccccc2[N+](=O)[O-])CC1)c1ccccc1. The Labute approximate surface area is 169 Å². The van der Waals surface area contributed by atoms with E-state index < -0.39 is 0 Å². The van der Waals surface area contributed by atoms with Gasteiger partial charge in [0.05, 0.1) is 17.4 Å². The number of nitrogens with zero attached hydrogens (tertiary/aromatic N) is 3. The third kappa shape index (κ3) is 5.10. The summed E-state index contributed by atoms with van der Waals surface area (Å²) in [5.74, 6) is -0.234. The van der Waals surface area contributed by atoms with E-state index in [2.05, 4.69) is 5.32 Å². The van der Waals surface area contributed by atoms with Crippen LogP contribution in [0.3, 0.4) is 0 Å². The highest BCUT2D eigenvalue weighted by Gasteiger charge is 2.27. The Hall–Kier alpha value is -3.42. The lowest BCUT2D eigenvalue weighted by atomic mass is 10.0. The van der Waals surface area contributed by atoms with Crippen LogP contribution in [0.25, 0.3) is 0 Å². The number of piperazine rings is 1. The van der Waals surface area contributed by atoms with Crippen LogP contribution in [0.2, 0.25) is 0 Å². The minimum absolute atomic E-state index is 0.0465. The smallest absolute Gasteiger partial charge is 0.292 e. The van der Waals surface area contributed by atoms with Gasteiger partial charge in [0.2, 0.25) is 11.8 Å². The number of anilines is 1. The number of hydrogen-bond acceptors (Lipinski definition) is 5. The number of hydrogen-bond donors (Lipinski definition) is 1. The van der Waals surface area contributed by atoms with Gasteiger partial charge in [-0.15, -0.1) is 0 Å². The second-order valence-electron chi connectivity index (χ2n) is 6.98. The van der Waals surface area contributed by atoms with E-state index in [4.69, 9.17) is 0 Å². The molecule has 0 spiro atoms. The molecule has 1 aliphatic rings. The molecule has 1 unspecified atom stereocenters. The number of carbonyl (C=O) groups excluding carboxylic acids is 2. The van der Waals surface area contributed by atoms with Gasteiger partial charge >= 0.3 is 0 Å². The van der Waals surface area contributed by atoms with Gasteiger partial charge < -0.3 is 15.1 Å². The summed E-state index contributed by atoms with van der Waals surface area (Å²) in [5.41, 5.74) is 1.53. The molecule has 1 heterocycles. The molecule has 0 radical (unpaired) electrons. The number of nitro groups is 1. The third-order valence-electron chi connectivity index (χ3n) is 5.01. The lowest BCUT2D eigenvalue weighted by Crippen LogP contribution is -2.49. The van der Waals surface area contributed by atoms with E-state index in [9.17, 15) is 19.7 Å². The third-order valence-corrected chi connectivity index (χ3v) is 5.01. The summed E-state index contributed by atoms with van der Waals surface area (Å²) in [5, 5.41) is 14.1. The molecule has 0 saturated carbocycles. The van der Waals surface area contributed by atoms with Crippen LogP contribution in [0.4, 0.5) is 11.4 Å². The Morgan fingerprint density at radius 1 is 1.03 bits per heavy atom. The largest absolute Gasteiger partial charge is 0.362 e. The van der Waals surface area contributed by atoms with Gasteiger partial charge in [-0.25, -0.2) is 0 Å². The van der Waals surface area contributed by atoms with Crippen LogP contribution >= 0.6 is 0 Å². The lowest BCUT2D eigenvalue weighted by molar-refractivity contribution is -0.384. The maximum atomic E-state index is 12.8. The van der Waals surface area contributed by atoms with Gasteiger partial charge in [-0.2, -0.15) is 0 Å². The molecule has 0 aliphatic carbocycles. The Bertz CT molecular complexity index is 879. The molecule has 8 nitrogen and oxygen atoms in total. The van der Waals surface area contributed by atoms with Crippen LogP contribution in [-0.2, 0) is 9.59 Å². The fraction of sp³-hybridized carbons (Fsp3) is 0.333. The second kappa shape index (κ2) is 9.18. The van der Waals surface area contributed by atoms with E-state index in [1.54, 1.807) is 23.1 Å². The second-order valence-corrected chi connectivity index (χ2v) is 6.98. The molecule has 2 amide bonds. The first-order chi connectivity index (χ1) is 14.0. The van der Waals surface area contributed by atoms with Crippen LogP contribution in [0.1, 0.15) is 24.9 Å². The molecule has 1 saturated heterocycles. The van der Waals surface area contributed by atoms with Crippen molar-refractivity contribution in [1.82, 2.24) is 10.2 Å². The molecule has 1 atom stereocenters. The fourth-order valence-electron chi connectivity index (χ4n) is 3.57. The summed E-state index contributed by atoms with van der Waals surface area (Å²) < 4.78 is 0. The molecule has 3 rings (SSSR count). The average Bonchev–Trinajstić information content (AvgIpc) is 2.73. The van der Waals surface area contributed by atoms with Crippen LogP contribution < -0.4 is 10.2 Å². The van der Waals surface area contributed by atoms with E-state index in [0.29, 0.717) is 31.9 Å². The number of nitrogens with one attached hydrogen (secondary N) is 1. The van der Waals surface area contributed by atoms with Crippen LogP contribution in [0.15, 0.2) is 54.6 Å². The number of rotatable bonds is 6. The zero-order valence-corrected chi connectivity index (χ0v) is 16.3. The number of carbonyl (C=O) groups is 2. The summed E-state index contributed by atoms with van der Waals surface area (Å²) >= 11 is 0. The van der Waals surface area contributed by atoms with E-state index in [-0.39, 0.29) is 34.9 Å². The number of para-hydroxylation sites is 2. The van der Waals surface area contributed by atoms with Crippen molar-refractivity contribution in [3.05, 3.63) is 70.3 Å². The molecular weight excluding hydrogens is 372 g/mol. The maximum absolute atomic E-state index is 12.8. The summed E-state index contributed by atoms with van der Waals surface area (Å²) in [6, 6.07) is 15.7. The van der Waals surface area contributed by atoms with Gasteiger partial charge in [0, 0.05) is 39.2 Å². The summed E-state index contributed by atoms with van der Waals surface area (Å²) in [6.45, 7) is 3.43. The van der Waals surface area contributed by atoms with Crippen LogP contribution in [0.5, 0.6) is 0 Å². The average molecular weight is 396 g/mol. The van der Waals surface area contributed by atoms with E-state index in [1.807, 2.05) is 35.2 Å². The first kappa shape index (κ1) is 20.3. The monoisotopic (exact) mass is 396 g/mol. The summed E-state index contributed by atoms with van der Waals surface area (Å²) in [7, 11) is 0. The zero-order chi connectivity index (χ0) is 20.8. The Kier molecular flexibility index (Phi) is 6.43. The minimum atomic E-state index is -0.384. The van der Waals surface area contributed by atoms with Crippen molar-refractivity contribution >= 4 is 23.2 Å². The molecular formula is C21H24N4O4. The van der Waals surface area contributed by atoms with Crippen molar-refractivity contribution in [3.63, 3.8) is 0 Å². The zero-order valence-electron chi connectivity index (χ0n) is 16.3. The van der Waals surface area contributed by atoms with Crippen molar-refractivity contribution in [2.45, 2.75) is 19.4 Å². The lowest BCUT2D eigenvalue weighted by Gasteiger charge is -2.36. The fourth-order valence-corrected chi connectivity index (χ4v) is 3.57. The van der Waals surface area contributed by atoms with Gasteiger partial charge in [0.1, 0.15) is 5.69 Å². The molecule has 29 heavy (non-hydrogen) atoms. The Morgan fingerprint density at radius 3 is 2.28 bits per heavy atom. The molecule has 1 aliphatic heterocycles. The van der Waals surface area contributed by atoms with Crippen molar-refractivity contribution in [1.29, 1.82) is 0 Å². The number of nitro benzene ring substituents is 1. The van der Waals surface area contributed by atoms with Gasteiger partial charge in [-0.05, 0) is 11.6 Å². The van der Waals surface area contributed by atoms with E-state index in [0.717, 1.165) is 5.56 Å². The molecule has 8 heteroatoms. The highest BCUT2D eigenvalue weighted by molar-refractivity contribution is 5.79. The van der Waals surface area contributed by atoms with Crippen molar-refractivity contribution in [2.75, 3.05) is 31.1 Å². The van der Waals surface area contributed by atoms with E-state index in [1.165, 1.54) is 13.0 Å². The maximum Gasteiger partial charge on any atom is 0.292 e. The number of benzene rings is 2. The summed E-state index contributed by atoms with van der Waals surface area (Å²) in [6.07, 6.45) is 0.176. The molecule has 0 aromatic heterocycles. The predicted octanol–water partition coefficient (Wildman–Crippen LogP) is 2.51. The molecule has 1 fully saturated rings. The predicted molar refractivity (Wildman–Crippen MR) is 110 cm³/mol. The molecule has 0 bridgehead atoms. The highest BCUT2D eigenvalue weighted by atomic mass is 16.6. The Morgan fingerprint density at radius 2 is 1.66 bits per heavy atom. The molecule has 1 N–H and O–H groups in total. The van der Waals surface area contributed by atoms with Crippen molar-refractivity contribution in [2.24, 2.45) is 0 Å². The van der Waals surface area contributed by atoms with Crippen LogP contribution in [0, 0.1) is 10.1 Å². The van der Waals surface area contributed by atoms with Crippen molar-refractivity contribution < 1.29 is 14.5 Å². The van der Waals surface area contributed by atoms with Crippen molar-refractivity contribution in [3.8, 4) is 0 Å². The normalized spacial score (nSPS) is 14.9. The first-order valence-electron chi connectivity index (χ1n) is 9.54. The first-order valence-corrected chi connectivity index (χ1v) is 9.54. The van der Waals surface area contributed by atoms with E-state index >= 15 is 0 Å². The number of amides is 2. The van der Waals surface area contributed by atoms with Gasteiger partial charge in [-0.3, -0.25) is 19.7 Å². The van der Waals surface area contributed by atoms with Gasteiger partial charge in [-0.1, -0.05) is 42.5 Å². The molecule has 152 valence electrons. The molecule has 2 aromatic carbocycles. The minimum Gasteiger partial charge on any atom is -0.362 e. The standard InChI is InChI=1S/C21H24N4O4/c1-16(26)22-18(17-7-3-2-4-8-17)15-21(27)24-13-11-23(12-14-24)19-9-5-6-10-20(19)25(28)29/h2-10,18H,11-15H2,1H3,(H,22,26). The van der Waals surface area contributed by atoms with Gasteiger partial charge in [0.15, 0.2) is 0 Å². The highest BCUT2D eigenvalue weighted by Crippen LogP contribution is 2.28. The van der Waals surface area contributed by atoms with Crippen LogP contribution in [-0.4, -0.2) is 47.8 Å². The van der Waals surface area contributed by atoms with Gasteiger partial charge in [0.25, 0.3) is 5.69 Å². The summed E-state index contributed by atoms with van der Waals surface area (Å²) in [4.78, 5) is 39.0.